The molecule has 3 N–H and O–H groups in total. The minimum atomic E-state index is -1.34. The van der Waals surface area contributed by atoms with Crippen LogP contribution >= 0.6 is 0 Å². The van der Waals surface area contributed by atoms with Crippen LogP contribution in [0.2, 0.25) is 0 Å². The number of likely N-dealkylation sites (tertiary alicyclic amines) is 1. The zero-order chi connectivity index (χ0) is 20.5. The summed E-state index contributed by atoms with van der Waals surface area (Å²) < 4.78 is 0. The normalized spacial score (nSPS) is 33.3. The van der Waals surface area contributed by atoms with Crippen molar-refractivity contribution in [1.29, 1.82) is 0 Å². The molecule has 0 aliphatic carbocycles. The first-order chi connectivity index (χ1) is 13.2. The molecule has 3 aliphatic heterocycles. The monoisotopic (exact) mass is 385 g/mol. The minimum absolute atomic E-state index is 0.249. The van der Waals surface area contributed by atoms with E-state index in [-0.39, 0.29) is 23.8 Å². The van der Waals surface area contributed by atoms with Gasteiger partial charge in [0.2, 0.25) is 17.7 Å². The number of hydrogen-bond acceptors (Lipinski definition) is 5. The third-order valence-electron chi connectivity index (χ3n) is 6.94. The molecule has 150 valence electrons. The molecule has 2 saturated heterocycles. The van der Waals surface area contributed by atoms with Gasteiger partial charge in [0.05, 0.1) is 17.9 Å². The highest BCUT2D eigenvalue weighted by atomic mass is 16.3. The SMILES string of the molecule is CCC(C)N1C(=O)C2C(C(C)O)NC3(C(=O)Nc4c3ccc(C)c4C)C2C1=O. The van der Waals surface area contributed by atoms with E-state index in [1.807, 2.05) is 39.8 Å². The van der Waals surface area contributed by atoms with E-state index in [2.05, 4.69) is 10.6 Å². The molecule has 7 nitrogen and oxygen atoms in total. The lowest BCUT2D eigenvalue weighted by atomic mass is 9.76. The number of aryl methyl sites for hydroxylation is 1. The maximum absolute atomic E-state index is 13.4. The number of aliphatic hydroxyl groups is 1. The lowest BCUT2D eigenvalue weighted by Gasteiger charge is -2.31. The van der Waals surface area contributed by atoms with Gasteiger partial charge >= 0.3 is 0 Å². The number of nitrogens with zero attached hydrogens (tertiary/aromatic N) is 1. The van der Waals surface area contributed by atoms with Crippen molar-refractivity contribution in [3.63, 3.8) is 0 Å². The van der Waals surface area contributed by atoms with Crippen LogP contribution in [0, 0.1) is 25.7 Å². The second kappa shape index (κ2) is 6.12. The highest BCUT2D eigenvalue weighted by Gasteiger charge is 2.71. The fourth-order valence-electron chi connectivity index (χ4n) is 5.10. The number of amides is 3. The molecule has 3 amide bonds. The summed E-state index contributed by atoms with van der Waals surface area (Å²) in [4.78, 5) is 41.2. The first kappa shape index (κ1) is 19.1. The predicted molar refractivity (Wildman–Crippen MR) is 103 cm³/mol. The molecule has 0 radical (unpaired) electrons. The van der Waals surface area contributed by atoms with Gasteiger partial charge in [0.15, 0.2) is 0 Å². The number of anilines is 1. The Labute approximate surface area is 164 Å². The number of hydrogen-bond donors (Lipinski definition) is 3. The molecule has 1 spiro atoms. The molecule has 3 aliphatic rings. The Balaban J connectivity index is 1.93. The number of fused-ring (bicyclic) bond motifs is 4. The number of benzene rings is 1. The molecule has 6 atom stereocenters. The third kappa shape index (κ3) is 2.14. The molecule has 6 unspecified atom stereocenters. The average Bonchev–Trinajstić information content (AvgIpc) is 3.24. The van der Waals surface area contributed by atoms with Crippen LogP contribution in [0.4, 0.5) is 5.69 Å². The van der Waals surface area contributed by atoms with E-state index in [1.165, 1.54) is 4.90 Å². The number of rotatable bonds is 3. The van der Waals surface area contributed by atoms with Crippen LogP contribution in [0.1, 0.15) is 43.9 Å². The molecule has 0 bridgehead atoms. The topological polar surface area (TPSA) is 98.7 Å². The predicted octanol–water partition coefficient (Wildman–Crippen LogP) is 1.20. The molecule has 3 heterocycles. The Morgan fingerprint density at radius 2 is 1.86 bits per heavy atom. The number of carbonyl (C=O) groups excluding carboxylic acids is 3. The largest absolute Gasteiger partial charge is 0.392 e. The van der Waals surface area contributed by atoms with Crippen molar-refractivity contribution < 1.29 is 19.5 Å². The number of nitrogens with one attached hydrogen (secondary N) is 2. The summed E-state index contributed by atoms with van der Waals surface area (Å²) in [5.41, 5.74) is 2.02. The van der Waals surface area contributed by atoms with Crippen molar-refractivity contribution in [2.45, 2.75) is 64.8 Å². The Morgan fingerprint density at radius 1 is 1.18 bits per heavy atom. The van der Waals surface area contributed by atoms with Gasteiger partial charge in [0, 0.05) is 23.3 Å². The van der Waals surface area contributed by atoms with E-state index in [1.54, 1.807) is 6.92 Å². The van der Waals surface area contributed by atoms with Crippen LogP contribution in [-0.4, -0.2) is 45.9 Å². The molecule has 2 fully saturated rings. The first-order valence-electron chi connectivity index (χ1n) is 9.91. The van der Waals surface area contributed by atoms with E-state index in [9.17, 15) is 19.5 Å². The fourth-order valence-corrected chi connectivity index (χ4v) is 5.10. The Morgan fingerprint density at radius 3 is 2.46 bits per heavy atom. The van der Waals surface area contributed by atoms with Gasteiger partial charge in [-0.1, -0.05) is 19.1 Å². The van der Waals surface area contributed by atoms with Crippen molar-refractivity contribution in [1.82, 2.24) is 10.2 Å². The van der Waals surface area contributed by atoms with Gasteiger partial charge in [-0.2, -0.15) is 0 Å². The van der Waals surface area contributed by atoms with Crippen molar-refractivity contribution >= 4 is 23.4 Å². The van der Waals surface area contributed by atoms with Crippen LogP contribution in [0.25, 0.3) is 0 Å². The van der Waals surface area contributed by atoms with Crippen LogP contribution in [0.15, 0.2) is 12.1 Å². The maximum atomic E-state index is 13.4. The lowest BCUT2D eigenvalue weighted by Crippen LogP contribution is -2.55. The summed E-state index contributed by atoms with van der Waals surface area (Å²) >= 11 is 0. The zero-order valence-electron chi connectivity index (χ0n) is 16.9. The van der Waals surface area contributed by atoms with Crippen molar-refractivity contribution in [3.05, 3.63) is 28.8 Å². The standard InChI is InChI=1S/C21H27N3O4/c1-6-10(3)24-18(26)14-15(19(24)27)21(23-17(14)12(5)25)13-8-7-9(2)11(4)16(13)22-20(21)28/h7-8,10,12,14-15,17,23,25H,6H2,1-5H3,(H,22,28). The fraction of sp³-hybridized carbons (Fsp3) is 0.571. The van der Waals surface area contributed by atoms with Gasteiger partial charge in [-0.05, 0) is 45.2 Å². The van der Waals surface area contributed by atoms with Gasteiger partial charge in [-0.3, -0.25) is 24.6 Å². The minimum Gasteiger partial charge on any atom is -0.392 e. The van der Waals surface area contributed by atoms with Crippen LogP contribution in [0.5, 0.6) is 0 Å². The summed E-state index contributed by atoms with van der Waals surface area (Å²) in [5, 5.41) is 16.6. The maximum Gasteiger partial charge on any atom is 0.250 e. The van der Waals surface area contributed by atoms with E-state index < -0.39 is 29.5 Å². The van der Waals surface area contributed by atoms with E-state index in [4.69, 9.17) is 0 Å². The zero-order valence-corrected chi connectivity index (χ0v) is 16.9. The second-order valence-corrected chi connectivity index (χ2v) is 8.41. The second-order valence-electron chi connectivity index (χ2n) is 8.41. The molecule has 7 heteroatoms. The van der Waals surface area contributed by atoms with Gasteiger partial charge in [-0.25, -0.2) is 0 Å². The van der Waals surface area contributed by atoms with Gasteiger partial charge < -0.3 is 10.4 Å². The summed E-state index contributed by atoms with van der Waals surface area (Å²) in [6, 6.07) is 2.86. The first-order valence-corrected chi connectivity index (χ1v) is 9.91. The van der Waals surface area contributed by atoms with Crippen molar-refractivity contribution in [2.75, 3.05) is 5.32 Å². The molecular formula is C21H27N3O4. The molecule has 4 rings (SSSR count). The van der Waals surface area contributed by atoms with Crippen LogP contribution in [0.3, 0.4) is 0 Å². The number of imide groups is 1. The number of carbonyl (C=O) groups is 3. The Kier molecular flexibility index (Phi) is 4.17. The molecular weight excluding hydrogens is 358 g/mol. The van der Waals surface area contributed by atoms with Gasteiger partial charge in [0.25, 0.3) is 0 Å². The van der Waals surface area contributed by atoms with Gasteiger partial charge in [-0.15, -0.1) is 0 Å². The molecule has 0 aromatic heterocycles. The summed E-state index contributed by atoms with van der Waals surface area (Å²) in [6.07, 6.45) is -0.249. The lowest BCUT2D eigenvalue weighted by molar-refractivity contribution is -0.145. The highest BCUT2D eigenvalue weighted by Crippen LogP contribution is 2.54. The number of aliphatic hydroxyl groups excluding tert-OH is 1. The van der Waals surface area contributed by atoms with E-state index >= 15 is 0 Å². The van der Waals surface area contributed by atoms with Gasteiger partial charge in [0.1, 0.15) is 5.54 Å². The van der Waals surface area contributed by atoms with Crippen LogP contribution < -0.4 is 10.6 Å². The summed E-state index contributed by atoms with van der Waals surface area (Å²) in [5.74, 6) is -2.59. The van der Waals surface area contributed by atoms with Crippen LogP contribution in [-0.2, 0) is 19.9 Å². The van der Waals surface area contributed by atoms with Crippen molar-refractivity contribution in [2.24, 2.45) is 11.8 Å². The Hall–Kier alpha value is -2.25. The van der Waals surface area contributed by atoms with E-state index in [0.29, 0.717) is 17.7 Å². The molecule has 28 heavy (non-hydrogen) atoms. The van der Waals surface area contributed by atoms with Crippen molar-refractivity contribution in [3.8, 4) is 0 Å². The Bertz CT molecular complexity index is 896. The smallest absolute Gasteiger partial charge is 0.250 e. The highest BCUT2D eigenvalue weighted by molar-refractivity contribution is 6.15. The summed E-state index contributed by atoms with van der Waals surface area (Å²) in [7, 11) is 0. The summed E-state index contributed by atoms with van der Waals surface area (Å²) in [6.45, 7) is 9.24. The quantitative estimate of drug-likeness (QED) is 0.679. The molecule has 1 aromatic carbocycles. The molecule has 0 saturated carbocycles. The molecule has 1 aromatic rings. The average molecular weight is 385 g/mol. The van der Waals surface area contributed by atoms with E-state index in [0.717, 1.165) is 11.1 Å². The third-order valence-corrected chi connectivity index (χ3v) is 6.94.